The number of benzene rings is 2. The number of nitrogens with two attached hydrogens (primary N) is 1. The van der Waals surface area contributed by atoms with Gasteiger partial charge in [0.25, 0.3) is 0 Å². The van der Waals surface area contributed by atoms with E-state index in [-0.39, 0.29) is 12.3 Å². The van der Waals surface area contributed by atoms with Gasteiger partial charge in [-0.3, -0.25) is 4.79 Å². The molecule has 0 unspecified atom stereocenters. The summed E-state index contributed by atoms with van der Waals surface area (Å²) in [4.78, 5) is 20.6. The number of carboxylic acid groups (broad SMARTS) is 1. The molecule has 3 N–H and O–H groups in total. The topological polar surface area (TPSA) is 80.4 Å². The molecule has 2 rings (SSSR count). The molecule has 23 heavy (non-hydrogen) atoms. The lowest BCUT2D eigenvalue weighted by molar-refractivity contribution is -0.192. The van der Waals surface area contributed by atoms with Crippen molar-refractivity contribution in [2.75, 3.05) is 6.54 Å². The molecule has 2 aromatic carbocycles. The fourth-order valence-corrected chi connectivity index (χ4v) is 1.71. The van der Waals surface area contributed by atoms with Crippen molar-refractivity contribution in [3.63, 3.8) is 0 Å². The maximum absolute atomic E-state index is 11.7. The van der Waals surface area contributed by atoms with Crippen LogP contribution >= 0.6 is 0 Å². The Labute approximate surface area is 130 Å². The number of ketones is 1. The first kappa shape index (κ1) is 18.4. The first-order valence-electron chi connectivity index (χ1n) is 6.45. The van der Waals surface area contributed by atoms with Crippen molar-refractivity contribution in [3.05, 3.63) is 60.2 Å². The average Bonchev–Trinajstić information content (AvgIpc) is 2.54. The van der Waals surface area contributed by atoms with Gasteiger partial charge in [0.1, 0.15) is 0 Å². The molecule has 0 aromatic heterocycles. The second kappa shape index (κ2) is 8.09. The molecule has 0 aliphatic rings. The lowest BCUT2D eigenvalue weighted by Gasteiger charge is -2.07. The number of alkyl halides is 3. The molecule has 0 saturated heterocycles. The zero-order valence-electron chi connectivity index (χ0n) is 11.9. The Morgan fingerprint density at radius 1 is 0.957 bits per heavy atom. The maximum atomic E-state index is 11.7. The third-order valence-corrected chi connectivity index (χ3v) is 2.74. The lowest BCUT2D eigenvalue weighted by Crippen LogP contribution is -2.21. The van der Waals surface area contributed by atoms with Gasteiger partial charge in [-0.2, -0.15) is 13.2 Å². The van der Waals surface area contributed by atoms with Crippen LogP contribution in [0.5, 0.6) is 0 Å². The van der Waals surface area contributed by atoms with E-state index in [0.717, 1.165) is 11.1 Å². The Morgan fingerprint density at radius 2 is 1.43 bits per heavy atom. The molecule has 0 bridgehead atoms. The number of rotatable bonds is 3. The Hall–Kier alpha value is -2.67. The summed E-state index contributed by atoms with van der Waals surface area (Å²) in [5, 5.41) is 7.12. The van der Waals surface area contributed by atoms with E-state index in [0.29, 0.717) is 5.56 Å². The van der Waals surface area contributed by atoms with Gasteiger partial charge in [-0.05, 0) is 11.1 Å². The molecule has 0 saturated carbocycles. The van der Waals surface area contributed by atoms with Crippen LogP contribution in [0.1, 0.15) is 10.4 Å². The summed E-state index contributed by atoms with van der Waals surface area (Å²) in [6, 6.07) is 17.4. The van der Waals surface area contributed by atoms with Crippen molar-refractivity contribution in [2.24, 2.45) is 5.73 Å². The molecule has 0 amide bonds. The number of hydrogen-bond acceptors (Lipinski definition) is 3. The zero-order valence-corrected chi connectivity index (χ0v) is 11.9. The van der Waals surface area contributed by atoms with Crippen LogP contribution in [0.4, 0.5) is 13.2 Å². The number of aliphatic carboxylic acids is 1. The summed E-state index contributed by atoms with van der Waals surface area (Å²) >= 11 is 0. The highest BCUT2D eigenvalue weighted by Crippen LogP contribution is 2.23. The van der Waals surface area contributed by atoms with Gasteiger partial charge in [0.2, 0.25) is 0 Å². The smallest absolute Gasteiger partial charge is 0.475 e. The number of carbonyl (C=O) groups excluding carboxylic acids is 1. The number of halogens is 3. The van der Waals surface area contributed by atoms with Crippen molar-refractivity contribution in [1.82, 2.24) is 0 Å². The van der Waals surface area contributed by atoms with Crippen molar-refractivity contribution in [2.45, 2.75) is 6.18 Å². The molecule has 0 heterocycles. The third-order valence-electron chi connectivity index (χ3n) is 2.74. The molecule has 7 heteroatoms. The molecule has 2 aromatic rings. The van der Waals surface area contributed by atoms with Crippen molar-refractivity contribution >= 4 is 11.8 Å². The average molecular weight is 325 g/mol. The molecular weight excluding hydrogens is 311 g/mol. The third kappa shape index (κ3) is 5.55. The molecule has 122 valence electrons. The zero-order chi connectivity index (χ0) is 17.5. The highest BCUT2D eigenvalue weighted by Gasteiger charge is 2.38. The first-order chi connectivity index (χ1) is 10.8. The second-order valence-electron chi connectivity index (χ2n) is 4.34. The highest BCUT2D eigenvalue weighted by molar-refractivity contribution is 6.03. The van der Waals surface area contributed by atoms with Crippen molar-refractivity contribution in [1.29, 1.82) is 0 Å². The van der Waals surface area contributed by atoms with E-state index >= 15 is 0 Å². The SMILES string of the molecule is NCC(=O)c1ccccc1-c1ccccc1.O=C(O)C(F)(F)F. The van der Waals surface area contributed by atoms with E-state index in [1.165, 1.54) is 0 Å². The summed E-state index contributed by atoms with van der Waals surface area (Å²) in [7, 11) is 0. The minimum atomic E-state index is -5.08. The fourth-order valence-electron chi connectivity index (χ4n) is 1.71. The van der Waals surface area contributed by atoms with Gasteiger partial charge in [-0.15, -0.1) is 0 Å². The number of carbonyl (C=O) groups is 2. The molecule has 4 nitrogen and oxygen atoms in total. The van der Waals surface area contributed by atoms with Crippen LogP contribution in [0.25, 0.3) is 11.1 Å². The van der Waals surface area contributed by atoms with Crippen LogP contribution in [-0.4, -0.2) is 29.6 Å². The van der Waals surface area contributed by atoms with E-state index in [4.69, 9.17) is 15.6 Å². The number of Topliss-reactive ketones (excluding diaryl/α,β-unsaturated/α-hetero) is 1. The normalized spacial score (nSPS) is 10.4. The van der Waals surface area contributed by atoms with E-state index in [9.17, 15) is 18.0 Å². The molecule has 0 aliphatic heterocycles. The largest absolute Gasteiger partial charge is 0.490 e. The van der Waals surface area contributed by atoms with Gasteiger partial charge in [0.15, 0.2) is 5.78 Å². The van der Waals surface area contributed by atoms with E-state index in [1.807, 2.05) is 54.6 Å². The predicted octanol–water partition coefficient (Wildman–Crippen LogP) is 3.13. The number of hydrogen-bond donors (Lipinski definition) is 2. The summed E-state index contributed by atoms with van der Waals surface area (Å²) in [6.45, 7) is 0.0455. The molecule has 0 radical (unpaired) electrons. The van der Waals surface area contributed by atoms with Crippen molar-refractivity contribution < 1.29 is 27.9 Å². The highest BCUT2D eigenvalue weighted by atomic mass is 19.4. The Balaban J connectivity index is 0.000000322. The number of carboxylic acids is 1. The quantitative estimate of drug-likeness (QED) is 0.850. The Morgan fingerprint density at radius 3 is 1.91 bits per heavy atom. The van der Waals surface area contributed by atoms with Gasteiger partial charge >= 0.3 is 12.1 Å². The Bertz CT molecular complexity index is 670. The van der Waals surface area contributed by atoms with Crippen LogP contribution in [0.2, 0.25) is 0 Å². The van der Waals surface area contributed by atoms with Crippen LogP contribution in [0, 0.1) is 0 Å². The second-order valence-corrected chi connectivity index (χ2v) is 4.34. The molecule has 0 fully saturated rings. The fraction of sp³-hybridized carbons (Fsp3) is 0.125. The maximum Gasteiger partial charge on any atom is 0.490 e. The van der Waals surface area contributed by atoms with Gasteiger partial charge in [-0.1, -0.05) is 54.6 Å². The van der Waals surface area contributed by atoms with Gasteiger partial charge in [-0.25, -0.2) is 4.79 Å². The van der Waals surface area contributed by atoms with E-state index in [1.54, 1.807) is 0 Å². The van der Waals surface area contributed by atoms with E-state index in [2.05, 4.69) is 0 Å². The summed E-state index contributed by atoms with van der Waals surface area (Å²) in [5.41, 5.74) is 8.08. The minimum Gasteiger partial charge on any atom is -0.475 e. The van der Waals surface area contributed by atoms with Crippen LogP contribution in [0.3, 0.4) is 0 Å². The molecule has 0 aliphatic carbocycles. The predicted molar refractivity (Wildman–Crippen MR) is 79.0 cm³/mol. The van der Waals surface area contributed by atoms with Crippen molar-refractivity contribution in [3.8, 4) is 11.1 Å². The molecular formula is C16H14F3NO3. The van der Waals surface area contributed by atoms with E-state index < -0.39 is 12.1 Å². The summed E-state index contributed by atoms with van der Waals surface area (Å²) in [5.74, 6) is -2.79. The van der Waals surface area contributed by atoms with Gasteiger partial charge in [0.05, 0.1) is 6.54 Å². The monoisotopic (exact) mass is 325 g/mol. The molecule has 0 spiro atoms. The summed E-state index contributed by atoms with van der Waals surface area (Å²) in [6.07, 6.45) is -5.08. The Kier molecular flexibility index (Phi) is 6.47. The van der Waals surface area contributed by atoms with Crippen LogP contribution < -0.4 is 5.73 Å². The summed E-state index contributed by atoms with van der Waals surface area (Å²) < 4.78 is 31.7. The van der Waals surface area contributed by atoms with Crippen LogP contribution in [0.15, 0.2) is 54.6 Å². The standard InChI is InChI=1S/C14H13NO.C2HF3O2/c15-10-14(16)13-9-5-4-8-12(13)11-6-2-1-3-7-11;3-2(4,5)1(6)7/h1-9H,10,15H2;(H,6,7). The lowest BCUT2D eigenvalue weighted by atomic mass is 9.97. The van der Waals surface area contributed by atoms with Gasteiger partial charge < -0.3 is 10.8 Å². The van der Waals surface area contributed by atoms with Crippen LogP contribution in [-0.2, 0) is 4.79 Å². The molecule has 0 atom stereocenters. The van der Waals surface area contributed by atoms with Gasteiger partial charge in [0, 0.05) is 5.56 Å². The minimum absolute atomic E-state index is 0.0283. The first-order valence-corrected chi connectivity index (χ1v) is 6.45.